The molecule has 5 rings (SSSR count). The van der Waals surface area contributed by atoms with Crippen LogP contribution in [0.25, 0.3) is 0 Å². The van der Waals surface area contributed by atoms with Crippen LogP contribution in [0.1, 0.15) is 50.0 Å². The zero-order valence-electron chi connectivity index (χ0n) is 26.8. The summed E-state index contributed by atoms with van der Waals surface area (Å²) < 4.78 is 24.0. The van der Waals surface area contributed by atoms with Crippen molar-refractivity contribution in [3.8, 4) is 0 Å². The first-order valence-electron chi connectivity index (χ1n) is 16.0. The Labute approximate surface area is 288 Å². The van der Waals surface area contributed by atoms with E-state index < -0.39 is 28.7 Å². The number of nitrogens with zero attached hydrogens (tertiary/aromatic N) is 2. The van der Waals surface area contributed by atoms with Crippen molar-refractivity contribution >= 4 is 51.8 Å². The molecule has 1 saturated heterocycles. The fourth-order valence-corrected chi connectivity index (χ4v) is 8.54. The Hall–Kier alpha value is -3.18. The number of carbonyl (C=O) groups is 3. The lowest BCUT2D eigenvalue weighted by atomic mass is 9.79. The second-order valence-electron chi connectivity index (χ2n) is 12.1. The molecule has 0 spiro atoms. The molecule has 1 N–H and O–H groups in total. The van der Waals surface area contributed by atoms with Crippen molar-refractivity contribution in [3.63, 3.8) is 0 Å². The van der Waals surface area contributed by atoms with Gasteiger partial charge in [-0.3, -0.25) is 13.9 Å². The van der Waals surface area contributed by atoms with E-state index in [2.05, 4.69) is 10.2 Å². The number of amides is 1. The molecular formula is C35H41Cl2N3O6S. The molecule has 1 saturated carbocycles. The smallest absolute Gasteiger partial charge is 0.336 e. The number of rotatable bonds is 10. The zero-order chi connectivity index (χ0) is 33.5. The summed E-state index contributed by atoms with van der Waals surface area (Å²) >= 11 is 13.4. The van der Waals surface area contributed by atoms with E-state index in [0.717, 1.165) is 25.6 Å². The van der Waals surface area contributed by atoms with Crippen LogP contribution < -0.4 is 5.32 Å². The van der Waals surface area contributed by atoms with Gasteiger partial charge in [-0.1, -0.05) is 66.7 Å². The first-order chi connectivity index (χ1) is 22.7. The Morgan fingerprint density at radius 1 is 0.830 bits per heavy atom. The van der Waals surface area contributed by atoms with Crippen LogP contribution in [0, 0.1) is 5.92 Å². The van der Waals surface area contributed by atoms with Crippen LogP contribution in [0.3, 0.4) is 0 Å². The molecule has 2 aromatic carbocycles. The lowest BCUT2D eigenvalue weighted by molar-refractivity contribution is -0.137. The van der Waals surface area contributed by atoms with Crippen molar-refractivity contribution in [2.75, 3.05) is 52.7 Å². The van der Waals surface area contributed by atoms with E-state index in [9.17, 15) is 18.6 Å². The number of hydrogen-bond donors (Lipinski definition) is 1. The number of esters is 2. The number of piperazine rings is 1. The maximum atomic E-state index is 13.9. The van der Waals surface area contributed by atoms with Crippen LogP contribution in [0.15, 0.2) is 76.0 Å². The molecule has 0 radical (unpaired) electrons. The van der Waals surface area contributed by atoms with Gasteiger partial charge < -0.3 is 19.7 Å². The van der Waals surface area contributed by atoms with Gasteiger partial charge in [0.2, 0.25) is 5.91 Å². The minimum atomic E-state index is -1.60. The number of hydrogen-bond acceptors (Lipinski definition) is 8. The summed E-state index contributed by atoms with van der Waals surface area (Å²) in [5.74, 6) is -2.27. The van der Waals surface area contributed by atoms with Crippen LogP contribution >= 0.6 is 23.2 Å². The molecule has 2 atom stereocenters. The monoisotopic (exact) mass is 701 g/mol. The van der Waals surface area contributed by atoms with Crippen LogP contribution in [0.5, 0.6) is 0 Å². The molecule has 12 heteroatoms. The van der Waals surface area contributed by atoms with E-state index in [4.69, 9.17) is 32.7 Å². The van der Waals surface area contributed by atoms with Crippen molar-refractivity contribution in [2.45, 2.75) is 49.3 Å². The fourth-order valence-electron chi connectivity index (χ4n) is 6.80. The molecule has 0 aromatic heterocycles. The normalized spacial score (nSPS) is 20.1. The van der Waals surface area contributed by atoms with E-state index in [1.54, 1.807) is 47.4 Å². The van der Waals surface area contributed by atoms with Gasteiger partial charge in [-0.05, 0) is 43.0 Å². The maximum absolute atomic E-state index is 13.9. The summed E-state index contributed by atoms with van der Waals surface area (Å²) in [6.07, 6.45) is 6.26. The second kappa shape index (κ2) is 16.3. The number of dihydropyridines is 1. The van der Waals surface area contributed by atoms with Crippen molar-refractivity contribution in [3.05, 3.63) is 86.7 Å². The van der Waals surface area contributed by atoms with E-state index in [-0.39, 0.29) is 56.2 Å². The number of benzene rings is 2. The Morgan fingerprint density at radius 3 is 2.02 bits per heavy atom. The summed E-state index contributed by atoms with van der Waals surface area (Å²) in [5, 5.41) is 3.59. The van der Waals surface area contributed by atoms with E-state index in [1.807, 2.05) is 6.07 Å². The molecule has 47 heavy (non-hydrogen) atoms. The van der Waals surface area contributed by atoms with Gasteiger partial charge in [0.25, 0.3) is 0 Å². The molecule has 2 heterocycles. The Balaban J connectivity index is 1.50. The van der Waals surface area contributed by atoms with Crippen LogP contribution in [-0.2, 0) is 34.7 Å². The van der Waals surface area contributed by atoms with Gasteiger partial charge in [-0.25, -0.2) is 9.59 Å². The van der Waals surface area contributed by atoms with Gasteiger partial charge in [0.1, 0.15) is 0 Å². The maximum Gasteiger partial charge on any atom is 0.336 e. The predicted octanol–water partition coefficient (Wildman–Crippen LogP) is 5.46. The molecule has 2 aliphatic heterocycles. The molecular weight excluding hydrogens is 661 g/mol. The quantitative estimate of drug-likeness (QED) is 0.326. The third kappa shape index (κ3) is 8.28. The highest BCUT2D eigenvalue weighted by Gasteiger charge is 2.42. The van der Waals surface area contributed by atoms with Crippen molar-refractivity contribution in [2.24, 2.45) is 5.92 Å². The minimum Gasteiger partial charge on any atom is -0.466 e. The Kier molecular flexibility index (Phi) is 12.2. The highest BCUT2D eigenvalue weighted by molar-refractivity contribution is 7.85. The molecule has 2 fully saturated rings. The largest absolute Gasteiger partial charge is 0.466 e. The van der Waals surface area contributed by atoms with E-state index >= 15 is 0 Å². The lowest BCUT2D eigenvalue weighted by Crippen LogP contribution is -2.50. The number of ether oxygens (including phenoxy) is 2. The van der Waals surface area contributed by atoms with E-state index in [0.29, 0.717) is 18.0 Å². The third-order valence-electron chi connectivity index (χ3n) is 9.20. The van der Waals surface area contributed by atoms with Gasteiger partial charge in [-0.2, -0.15) is 0 Å². The SMILES string of the molecule is COC(=O)C1=C(CC(=O)N2CCN(CC3CCCCC3)CC2)NC(CS(=O)c2ccccc2)=C(C(=O)OC)C1c1c(Cl)cccc1Cl. The number of methoxy groups -OCH3 is 2. The summed E-state index contributed by atoms with van der Waals surface area (Å²) in [7, 11) is 0.853. The highest BCUT2D eigenvalue weighted by Crippen LogP contribution is 2.45. The lowest BCUT2D eigenvalue weighted by Gasteiger charge is -2.38. The molecule has 2 aromatic rings. The van der Waals surface area contributed by atoms with Crippen molar-refractivity contribution in [1.29, 1.82) is 0 Å². The third-order valence-corrected chi connectivity index (χ3v) is 11.2. The molecule has 0 bridgehead atoms. The average Bonchev–Trinajstić information content (AvgIpc) is 3.08. The average molecular weight is 703 g/mol. The first kappa shape index (κ1) is 35.1. The summed E-state index contributed by atoms with van der Waals surface area (Å²) in [6.45, 7) is 3.76. The van der Waals surface area contributed by atoms with Gasteiger partial charge >= 0.3 is 11.9 Å². The molecule has 1 amide bonds. The van der Waals surface area contributed by atoms with Gasteiger partial charge in [0.05, 0.1) is 54.3 Å². The minimum absolute atomic E-state index is 0.0136. The second-order valence-corrected chi connectivity index (χ2v) is 14.4. The Morgan fingerprint density at radius 2 is 1.43 bits per heavy atom. The van der Waals surface area contributed by atoms with E-state index in [1.165, 1.54) is 46.3 Å². The summed E-state index contributed by atoms with van der Waals surface area (Å²) in [6, 6.07) is 13.7. The standard InChI is InChI=1S/C35H41Cl2N3O6S/c1-45-34(42)31-27(20-29(41)40-18-16-39(17-19-40)21-23-10-5-3-6-11-23)38-28(22-47(44)24-12-7-4-8-13-24)32(35(43)46-2)33(31)30-25(36)14-9-15-26(30)37/h4,7-9,12-15,23,33,38H,3,5-6,10-11,16-22H2,1-2H3. The van der Waals surface area contributed by atoms with Gasteiger partial charge in [0.15, 0.2) is 0 Å². The number of carbonyl (C=O) groups excluding carboxylic acids is 3. The predicted molar refractivity (Wildman–Crippen MR) is 182 cm³/mol. The fraction of sp³-hybridized carbons (Fsp3) is 0.457. The van der Waals surface area contributed by atoms with Gasteiger partial charge in [-0.15, -0.1) is 0 Å². The molecule has 252 valence electrons. The molecule has 2 unspecified atom stereocenters. The van der Waals surface area contributed by atoms with Crippen LogP contribution in [0.4, 0.5) is 0 Å². The molecule has 9 nitrogen and oxygen atoms in total. The first-order valence-corrected chi connectivity index (χ1v) is 18.1. The van der Waals surface area contributed by atoms with Crippen LogP contribution in [-0.4, -0.2) is 84.6 Å². The molecule has 1 aliphatic carbocycles. The topological polar surface area (TPSA) is 105 Å². The zero-order valence-corrected chi connectivity index (χ0v) is 29.1. The van der Waals surface area contributed by atoms with Gasteiger partial charge in [0, 0.05) is 64.6 Å². The summed E-state index contributed by atoms with van der Waals surface area (Å²) in [5.41, 5.74) is 0.788. The summed E-state index contributed by atoms with van der Waals surface area (Å²) in [4.78, 5) is 45.8. The number of nitrogens with one attached hydrogen (secondary N) is 1. The number of halogens is 2. The van der Waals surface area contributed by atoms with Crippen molar-refractivity contribution in [1.82, 2.24) is 15.1 Å². The Bertz CT molecular complexity index is 1550. The van der Waals surface area contributed by atoms with Crippen LogP contribution in [0.2, 0.25) is 10.0 Å². The highest BCUT2D eigenvalue weighted by atomic mass is 35.5. The van der Waals surface area contributed by atoms with Crippen molar-refractivity contribution < 1.29 is 28.1 Å². The molecule has 3 aliphatic rings.